The SMILES string of the molecule is O=C(OC(COP(=O)(O)O)c1ccccc1)c1ccccc1F. The van der Waals surface area contributed by atoms with Crippen LogP contribution in [0.5, 0.6) is 0 Å². The zero-order valence-corrected chi connectivity index (χ0v) is 12.7. The number of hydrogen-bond donors (Lipinski definition) is 2. The van der Waals surface area contributed by atoms with Gasteiger partial charge < -0.3 is 14.5 Å². The number of phosphoric acid groups is 1. The lowest BCUT2D eigenvalue weighted by Crippen LogP contribution is -2.17. The number of esters is 1. The fourth-order valence-corrected chi connectivity index (χ4v) is 2.18. The number of carbonyl (C=O) groups is 1. The molecule has 0 heterocycles. The van der Waals surface area contributed by atoms with Crippen molar-refractivity contribution in [2.45, 2.75) is 6.10 Å². The third-order valence-corrected chi connectivity index (χ3v) is 3.39. The molecule has 1 unspecified atom stereocenters. The third kappa shape index (κ3) is 5.26. The van der Waals surface area contributed by atoms with Crippen molar-refractivity contribution in [1.82, 2.24) is 0 Å². The predicted molar refractivity (Wildman–Crippen MR) is 79.0 cm³/mol. The highest BCUT2D eigenvalue weighted by molar-refractivity contribution is 7.46. The molecular weight excluding hydrogens is 326 g/mol. The quantitative estimate of drug-likeness (QED) is 0.620. The molecule has 2 aromatic carbocycles. The van der Waals surface area contributed by atoms with E-state index in [0.717, 1.165) is 6.07 Å². The molecule has 0 bridgehead atoms. The summed E-state index contributed by atoms with van der Waals surface area (Å²) in [6.07, 6.45) is -1.09. The Labute approximate surface area is 131 Å². The summed E-state index contributed by atoms with van der Waals surface area (Å²) in [5, 5.41) is 0. The van der Waals surface area contributed by atoms with Gasteiger partial charge in [0.25, 0.3) is 0 Å². The summed E-state index contributed by atoms with van der Waals surface area (Å²) in [4.78, 5) is 29.7. The van der Waals surface area contributed by atoms with Crippen molar-refractivity contribution in [3.63, 3.8) is 0 Å². The van der Waals surface area contributed by atoms with Crippen LogP contribution >= 0.6 is 7.82 Å². The highest BCUT2D eigenvalue weighted by Gasteiger charge is 2.24. The maximum Gasteiger partial charge on any atom is 0.469 e. The summed E-state index contributed by atoms with van der Waals surface area (Å²) in [7, 11) is -4.73. The van der Waals surface area contributed by atoms with Crippen LogP contribution in [0.3, 0.4) is 0 Å². The molecule has 6 nitrogen and oxygen atoms in total. The molecule has 0 radical (unpaired) electrons. The summed E-state index contributed by atoms with van der Waals surface area (Å²) in [5.41, 5.74) is 0.190. The van der Waals surface area contributed by atoms with Gasteiger partial charge in [-0.2, -0.15) is 0 Å². The average Bonchev–Trinajstić information content (AvgIpc) is 2.51. The van der Waals surface area contributed by atoms with Gasteiger partial charge in [0.2, 0.25) is 0 Å². The number of hydrogen-bond acceptors (Lipinski definition) is 4. The Kier molecular flexibility index (Phi) is 5.63. The largest absolute Gasteiger partial charge is 0.469 e. The van der Waals surface area contributed by atoms with E-state index >= 15 is 0 Å². The topological polar surface area (TPSA) is 93.1 Å². The maximum atomic E-state index is 13.6. The van der Waals surface area contributed by atoms with Crippen molar-refractivity contribution in [3.8, 4) is 0 Å². The van der Waals surface area contributed by atoms with Gasteiger partial charge in [-0.3, -0.25) is 4.52 Å². The molecule has 0 aromatic heterocycles. The molecule has 0 aliphatic heterocycles. The minimum absolute atomic E-state index is 0.274. The summed E-state index contributed by atoms with van der Waals surface area (Å²) >= 11 is 0. The van der Waals surface area contributed by atoms with Crippen LogP contribution in [0.25, 0.3) is 0 Å². The van der Waals surface area contributed by atoms with Crippen LogP contribution in [0, 0.1) is 5.82 Å². The van der Waals surface area contributed by atoms with Crippen LogP contribution < -0.4 is 0 Å². The number of ether oxygens (including phenoxy) is 1. The van der Waals surface area contributed by atoms with E-state index in [2.05, 4.69) is 4.52 Å². The van der Waals surface area contributed by atoms with Crippen molar-refractivity contribution in [2.75, 3.05) is 6.61 Å². The molecule has 8 heteroatoms. The molecule has 0 saturated heterocycles. The lowest BCUT2D eigenvalue weighted by molar-refractivity contribution is 0.0120. The molecule has 0 fully saturated rings. The smallest absolute Gasteiger partial charge is 0.451 e. The molecule has 0 aliphatic carbocycles. The predicted octanol–water partition coefficient (Wildman–Crippen LogP) is 2.83. The second-order valence-corrected chi connectivity index (χ2v) is 5.81. The molecule has 0 aliphatic rings. The Hall–Kier alpha value is -2.05. The zero-order chi connectivity index (χ0) is 16.9. The van der Waals surface area contributed by atoms with Crippen LogP contribution in [0.4, 0.5) is 4.39 Å². The Bertz CT molecular complexity index is 715. The first-order chi connectivity index (χ1) is 10.9. The number of phosphoric ester groups is 1. The van der Waals surface area contributed by atoms with E-state index in [1.165, 1.54) is 18.2 Å². The molecular formula is C15H14FO6P. The maximum absolute atomic E-state index is 13.6. The van der Waals surface area contributed by atoms with Gasteiger partial charge >= 0.3 is 13.8 Å². The van der Waals surface area contributed by atoms with Gasteiger partial charge in [-0.25, -0.2) is 13.8 Å². The first-order valence-corrected chi connectivity index (χ1v) is 8.10. The van der Waals surface area contributed by atoms with Crippen molar-refractivity contribution < 1.29 is 32.8 Å². The molecule has 23 heavy (non-hydrogen) atoms. The molecule has 2 N–H and O–H groups in total. The lowest BCUT2D eigenvalue weighted by Gasteiger charge is -2.19. The normalized spacial score (nSPS) is 12.7. The van der Waals surface area contributed by atoms with E-state index < -0.39 is 32.3 Å². The minimum atomic E-state index is -4.73. The first-order valence-electron chi connectivity index (χ1n) is 6.57. The molecule has 2 aromatic rings. The molecule has 0 spiro atoms. The van der Waals surface area contributed by atoms with Crippen molar-refractivity contribution in [1.29, 1.82) is 0 Å². The van der Waals surface area contributed by atoms with Gasteiger partial charge in [-0.15, -0.1) is 0 Å². The summed E-state index contributed by atoms with van der Waals surface area (Å²) in [6, 6.07) is 13.5. The van der Waals surface area contributed by atoms with Crippen LogP contribution in [0.15, 0.2) is 54.6 Å². The molecule has 1 atom stereocenters. The second-order valence-electron chi connectivity index (χ2n) is 4.57. The van der Waals surface area contributed by atoms with Crippen molar-refractivity contribution >= 4 is 13.8 Å². The minimum Gasteiger partial charge on any atom is -0.451 e. The van der Waals surface area contributed by atoms with Gasteiger partial charge in [0.05, 0.1) is 12.2 Å². The Morgan fingerprint density at radius 2 is 1.70 bits per heavy atom. The van der Waals surface area contributed by atoms with E-state index in [-0.39, 0.29) is 5.56 Å². The van der Waals surface area contributed by atoms with Gasteiger partial charge in [-0.1, -0.05) is 42.5 Å². The lowest BCUT2D eigenvalue weighted by atomic mass is 10.1. The van der Waals surface area contributed by atoms with E-state index in [9.17, 15) is 13.8 Å². The van der Waals surface area contributed by atoms with E-state index in [1.807, 2.05) is 0 Å². The highest BCUT2D eigenvalue weighted by Crippen LogP contribution is 2.37. The van der Waals surface area contributed by atoms with E-state index in [4.69, 9.17) is 14.5 Å². The zero-order valence-electron chi connectivity index (χ0n) is 11.8. The number of rotatable bonds is 6. The van der Waals surface area contributed by atoms with Crippen LogP contribution in [-0.4, -0.2) is 22.4 Å². The Morgan fingerprint density at radius 3 is 2.30 bits per heavy atom. The van der Waals surface area contributed by atoms with Crippen molar-refractivity contribution in [3.05, 3.63) is 71.5 Å². The summed E-state index contributed by atoms with van der Waals surface area (Å²) in [5.74, 6) is -1.70. The van der Waals surface area contributed by atoms with Gasteiger partial charge in [0.1, 0.15) is 5.82 Å². The monoisotopic (exact) mass is 340 g/mol. The second kappa shape index (κ2) is 7.48. The van der Waals surface area contributed by atoms with Crippen LogP contribution in [0.2, 0.25) is 0 Å². The Balaban J connectivity index is 2.19. The number of halogens is 1. The van der Waals surface area contributed by atoms with Gasteiger partial charge in [0, 0.05) is 0 Å². The molecule has 0 saturated carbocycles. The summed E-state index contributed by atoms with van der Waals surface area (Å²) < 4.78 is 34.0. The van der Waals surface area contributed by atoms with Gasteiger partial charge in [0.15, 0.2) is 6.10 Å². The molecule has 0 amide bonds. The fraction of sp³-hybridized carbons (Fsp3) is 0.133. The number of carbonyl (C=O) groups excluding carboxylic acids is 1. The van der Waals surface area contributed by atoms with Crippen LogP contribution in [-0.2, 0) is 13.8 Å². The number of benzene rings is 2. The average molecular weight is 340 g/mol. The summed E-state index contributed by atoms with van der Waals surface area (Å²) in [6.45, 7) is -0.561. The van der Waals surface area contributed by atoms with Crippen LogP contribution in [0.1, 0.15) is 22.0 Å². The van der Waals surface area contributed by atoms with Crippen molar-refractivity contribution in [2.24, 2.45) is 0 Å². The van der Waals surface area contributed by atoms with Gasteiger partial charge in [-0.05, 0) is 17.7 Å². The standard InChI is InChI=1S/C15H14FO6P/c16-13-9-5-4-8-12(13)15(17)22-14(10-21-23(18,19)20)11-6-2-1-3-7-11/h1-9,14H,10H2,(H2,18,19,20). The molecule has 2 rings (SSSR count). The fourth-order valence-electron chi connectivity index (χ4n) is 1.85. The third-order valence-electron chi connectivity index (χ3n) is 2.91. The Morgan fingerprint density at radius 1 is 1.09 bits per heavy atom. The highest BCUT2D eigenvalue weighted by atomic mass is 31.2. The van der Waals surface area contributed by atoms with E-state index in [1.54, 1.807) is 30.3 Å². The molecule has 122 valence electrons. The first kappa shape index (κ1) is 17.3. The van der Waals surface area contributed by atoms with E-state index in [0.29, 0.717) is 5.56 Å².